The molecule has 0 fully saturated rings. The van der Waals surface area contributed by atoms with E-state index in [0.29, 0.717) is 0 Å². The van der Waals surface area contributed by atoms with Gasteiger partial charge in [0.1, 0.15) is 0 Å². The van der Waals surface area contributed by atoms with Crippen LogP contribution in [0.25, 0.3) is 0 Å². The standard InChI is InChI=1S/2K.3Na.H3O4P/c;;;;;1-5(2,3)4/h;;;;;(H3,1,2,3,4)/q5*+1;. The van der Waals surface area contributed by atoms with Crippen LogP contribution in [-0.2, 0) is 4.57 Å². The van der Waals surface area contributed by atoms with E-state index < -0.39 is 7.82 Å². The molecule has 0 radical (unpaired) electrons. The van der Waals surface area contributed by atoms with Gasteiger partial charge in [-0.05, 0) is 0 Å². The van der Waals surface area contributed by atoms with Crippen molar-refractivity contribution in [2.45, 2.75) is 0 Å². The Morgan fingerprint density at radius 3 is 0.800 bits per heavy atom. The van der Waals surface area contributed by atoms with E-state index in [1.807, 2.05) is 0 Å². The molecule has 0 heterocycles. The summed E-state index contributed by atoms with van der Waals surface area (Å²) in [7, 11) is -4.64. The minimum atomic E-state index is -4.64. The normalized spacial score (nSPS) is 5.90. The molecule has 0 spiro atoms. The maximum absolute atomic E-state index is 8.88. The van der Waals surface area contributed by atoms with Crippen molar-refractivity contribution in [3.05, 3.63) is 0 Å². The van der Waals surface area contributed by atoms with Gasteiger partial charge in [-0.15, -0.1) is 0 Å². The van der Waals surface area contributed by atoms with Crippen molar-refractivity contribution in [3.8, 4) is 0 Å². The largest absolute Gasteiger partial charge is 1.00 e. The van der Waals surface area contributed by atoms with Gasteiger partial charge >= 0.3 is 199 Å². The van der Waals surface area contributed by atoms with E-state index in [2.05, 4.69) is 0 Å². The molecule has 0 saturated heterocycles. The molecule has 0 aliphatic carbocycles. The van der Waals surface area contributed by atoms with Gasteiger partial charge in [0.15, 0.2) is 0 Å². The Morgan fingerprint density at radius 2 is 0.800 bits per heavy atom. The van der Waals surface area contributed by atoms with E-state index in [-0.39, 0.29) is 191 Å². The first-order valence-electron chi connectivity index (χ1n) is 0.783. The zero-order chi connectivity index (χ0) is 4.50. The topological polar surface area (TPSA) is 77.8 Å². The van der Waals surface area contributed by atoms with Gasteiger partial charge in [0.2, 0.25) is 0 Å². The van der Waals surface area contributed by atoms with Crippen LogP contribution in [0.5, 0.6) is 0 Å². The Morgan fingerprint density at radius 1 is 0.800 bits per heavy atom. The van der Waals surface area contributed by atoms with Gasteiger partial charge in [0.25, 0.3) is 0 Å². The fourth-order valence-corrected chi connectivity index (χ4v) is 0. The smallest absolute Gasteiger partial charge is 0.303 e. The predicted molar refractivity (Wildman–Crippen MR) is 14.3 cm³/mol. The Kier molecular flexibility index (Phi) is 74.6. The monoisotopic (exact) mass is 245 g/mol. The molecule has 0 rings (SSSR count). The van der Waals surface area contributed by atoms with Crippen LogP contribution >= 0.6 is 7.82 Å². The molecule has 4 nitrogen and oxygen atoms in total. The Bertz CT molecular complexity index is 64.6. The number of rotatable bonds is 0. The van der Waals surface area contributed by atoms with Crippen LogP contribution in [-0.4, -0.2) is 14.7 Å². The molecule has 0 amide bonds. The third kappa shape index (κ3) is 63.2. The van der Waals surface area contributed by atoms with E-state index in [4.69, 9.17) is 19.2 Å². The molecule has 0 unspecified atom stereocenters. The Balaban J connectivity index is -0.00000000800. The summed E-state index contributed by atoms with van der Waals surface area (Å²) in [6.07, 6.45) is 0. The first-order chi connectivity index (χ1) is 2.00. The zero-order valence-corrected chi connectivity index (χ0v) is 20.3. The SMILES string of the molecule is O=P(O)(O)O.[K+].[K+].[Na+].[Na+].[Na+]. The summed E-state index contributed by atoms with van der Waals surface area (Å²) in [6.45, 7) is 0. The molecule has 0 saturated carbocycles. The minimum Gasteiger partial charge on any atom is -0.303 e. The summed E-state index contributed by atoms with van der Waals surface area (Å²) >= 11 is 0. The van der Waals surface area contributed by atoms with Crippen molar-refractivity contribution >= 4 is 7.82 Å². The third-order valence-corrected chi connectivity index (χ3v) is 0. The maximum atomic E-state index is 8.88. The van der Waals surface area contributed by atoms with Gasteiger partial charge in [0.05, 0.1) is 0 Å². The fraction of sp³-hybridized carbons (Fsp3) is 0. The van der Waals surface area contributed by atoms with Crippen molar-refractivity contribution in [2.24, 2.45) is 0 Å². The van der Waals surface area contributed by atoms with Gasteiger partial charge < -0.3 is 14.7 Å². The van der Waals surface area contributed by atoms with E-state index in [9.17, 15) is 0 Å². The number of hydrogen-bond acceptors (Lipinski definition) is 1. The average molecular weight is 245 g/mol. The summed E-state index contributed by atoms with van der Waals surface area (Å²) in [4.78, 5) is 21.6. The average Bonchev–Trinajstić information content (AvgIpc) is 0.722. The quantitative estimate of drug-likeness (QED) is 0.292. The first kappa shape index (κ1) is 36.0. The van der Waals surface area contributed by atoms with Crippen LogP contribution in [0.3, 0.4) is 0 Å². The molecule has 0 aromatic heterocycles. The Hall–Kier alpha value is 6.38. The van der Waals surface area contributed by atoms with Gasteiger partial charge in [0, 0.05) is 0 Å². The maximum Gasteiger partial charge on any atom is 1.00 e. The number of hydrogen-bond donors (Lipinski definition) is 3. The van der Waals surface area contributed by atoms with Crippen LogP contribution in [0.15, 0.2) is 0 Å². The molecular weight excluding hydrogens is 242 g/mol. The molecular formula is H3K2Na3O4P+5. The van der Waals surface area contributed by atoms with Crippen LogP contribution in [0, 0.1) is 0 Å². The molecule has 32 valence electrons. The van der Waals surface area contributed by atoms with Crippen molar-refractivity contribution in [2.75, 3.05) is 0 Å². The second-order valence-corrected chi connectivity index (χ2v) is 1.54. The minimum absolute atomic E-state index is 0. The Labute approximate surface area is 211 Å². The van der Waals surface area contributed by atoms with E-state index in [1.165, 1.54) is 0 Å². The zero-order valence-electron chi connectivity index (χ0n) is 7.20. The van der Waals surface area contributed by atoms with E-state index >= 15 is 0 Å². The van der Waals surface area contributed by atoms with Crippen molar-refractivity contribution < 1.29 is 211 Å². The molecule has 10 heteroatoms. The van der Waals surface area contributed by atoms with Crippen molar-refractivity contribution in [3.63, 3.8) is 0 Å². The number of phosphoric acid groups is 1. The summed E-state index contributed by atoms with van der Waals surface area (Å²) < 4.78 is 8.88. The predicted octanol–water partition coefficient (Wildman–Crippen LogP) is -15.9. The molecule has 0 atom stereocenters. The molecule has 3 N–H and O–H groups in total. The first-order valence-corrected chi connectivity index (χ1v) is 2.35. The fourth-order valence-electron chi connectivity index (χ4n) is 0. The summed E-state index contributed by atoms with van der Waals surface area (Å²) in [5.41, 5.74) is 0. The molecule has 0 aliphatic rings. The van der Waals surface area contributed by atoms with Gasteiger partial charge in [-0.2, -0.15) is 0 Å². The second-order valence-electron chi connectivity index (χ2n) is 0.513. The van der Waals surface area contributed by atoms with Gasteiger partial charge in [-0.1, -0.05) is 0 Å². The second kappa shape index (κ2) is 20.8. The van der Waals surface area contributed by atoms with Crippen molar-refractivity contribution in [1.29, 1.82) is 0 Å². The van der Waals surface area contributed by atoms with Crippen molar-refractivity contribution in [1.82, 2.24) is 0 Å². The van der Waals surface area contributed by atoms with E-state index in [0.717, 1.165) is 0 Å². The van der Waals surface area contributed by atoms with Gasteiger partial charge in [-0.3, -0.25) is 0 Å². The van der Waals surface area contributed by atoms with Crippen LogP contribution in [0.1, 0.15) is 0 Å². The van der Waals surface area contributed by atoms with Gasteiger partial charge in [-0.25, -0.2) is 4.57 Å². The van der Waals surface area contributed by atoms with Crippen LogP contribution in [0.4, 0.5) is 0 Å². The summed E-state index contributed by atoms with van der Waals surface area (Å²) in [5, 5.41) is 0. The third-order valence-electron chi connectivity index (χ3n) is 0. The van der Waals surface area contributed by atoms with Crippen LogP contribution in [0.2, 0.25) is 0 Å². The summed E-state index contributed by atoms with van der Waals surface area (Å²) in [5.74, 6) is 0. The molecule has 0 bridgehead atoms. The molecule has 0 aliphatic heterocycles. The molecule has 0 aromatic carbocycles. The van der Waals surface area contributed by atoms with E-state index in [1.54, 1.807) is 0 Å². The van der Waals surface area contributed by atoms with Crippen LogP contribution < -0.4 is 191 Å². The molecule has 0 aromatic rings. The summed E-state index contributed by atoms with van der Waals surface area (Å²) in [6, 6.07) is 0. The molecule has 10 heavy (non-hydrogen) atoms.